The van der Waals surface area contributed by atoms with E-state index in [4.69, 9.17) is 14.2 Å². The number of rotatable bonds is 5. The molecule has 1 amide bonds. The standard InChI is InChI=1S/C20H23NO4/c1-13(2)25-17-7-4-15(5-8-17)20(22)21-14(3)16-6-9-18-19(12-16)24-11-10-23-18/h4-9,12-14H,10-11H2,1-3H3,(H,21,22)/t14-/m1/s1. The number of benzene rings is 2. The molecule has 5 nitrogen and oxygen atoms in total. The van der Waals surface area contributed by atoms with E-state index < -0.39 is 0 Å². The summed E-state index contributed by atoms with van der Waals surface area (Å²) in [4.78, 5) is 12.4. The predicted octanol–water partition coefficient (Wildman–Crippen LogP) is 3.74. The lowest BCUT2D eigenvalue weighted by Crippen LogP contribution is -2.26. The minimum absolute atomic E-state index is 0.106. The summed E-state index contributed by atoms with van der Waals surface area (Å²) < 4.78 is 16.7. The van der Waals surface area contributed by atoms with Crippen LogP contribution >= 0.6 is 0 Å². The van der Waals surface area contributed by atoms with Crippen LogP contribution in [0.25, 0.3) is 0 Å². The van der Waals surface area contributed by atoms with Crippen molar-refractivity contribution < 1.29 is 19.0 Å². The smallest absolute Gasteiger partial charge is 0.251 e. The summed E-state index contributed by atoms with van der Waals surface area (Å²) in [5.41, 5.74) is 1.57. The number of hydrogen-bond donors (Lipinski definition) is 1. The minimum atomic E-state index is -0.144. The lowest BCUT2D eigenvalue weighted by atomic mass is 10.1. The molecule has 0 saturated heterocycles. The lowest BCUT2D eigenvalue weighted by Gasteiger charge is -2.21. The van der Waals surface area contributed by atoms with Crippen molar-refractivity contribution in [2.75, 3.05) is 13.2 Å². The van der Waals surface area contributed by atoms with Gasteiger partial charge in [-0.1, -0.05) is 6.07 Å². The van der Waals surface area contributed by atoms with Crippen molar-refractivity contribution in [2.45, 2.75) is 32.9 Å². The van der Waals surface area contributed by atoms with Gasteiger partial charge in [0.05, 0.1) is 12.1 Å². The summed E-state index contributed by atoms with van der Waals surface area (Å²) in [6, 6.07) is 12.7. The molecule has 25 heavy (non-hydrogen) atoms. The molecule has 0 aliphatic carbocycles. The number of fused-ring (bicyclic) bond motifs is 1. The SMILES string of the molecule is CC(C)Oc1ccc(C(=O)N[C@H](C)c2ccc3c(c2)OCCO3)cc1. The molecule has 5 heteroatoms. The fraction of sp³-hybridized carbons (Fsp3) is 0.350. The molecule has 1 N–H and O–H groups in total. The molecule has 0 saturated carbocycles. The number of nitrogens with one attached hydrogen (secondary N) is 1. The van der Waals surface area contributed by atoms with Crippen LogP contribution < -0.4 is 19.5 Å². The zero-order valence-electron chi connectivity index (χ0n) is 14.7. The van der Waals surface area contributed by atoms with Gasteiger partial charge in [0.25, 0.3) is 5.91 Å². The monoisotopic (exact) mass is 341 g/mol. The highest BCUT2D eigenvalue weighted by atomic mass is 16.6. The molecule has 0 bridgehead atoms. The zero-order valence-corrected chi connectivity index (χ0v) is 14.7. The highest BCUT2D eigenvalue weighted by molar-refractivity contribution is 5.94. The van der Waals surface area contributed by atoms with Crippen molar-refractivity contribution in [1.29, 1.82) is 0 Å². The maximum atomic E-state index is 12.4. The fourth-order valence-corrected chi connectivity index (χ4v) is 2.65. The lowest BCUT2D eigenvalue weighted by molar-refractivity contribution is 0.0939. The summed E-state index contributed by atoms with van der Waals surface area (Å²) in [7, 11) is 0. The van der Waals surface area contributed by atoms with Crippen LogP contribution in [-0.2, 0) is 0 Å². The fourth-order valence-electron chi connectivity index (χ4n) is 2.65. The van der Waals surface area contributed by atoms with Gasteiger partial charge in [0.1, 0.15) is 19.0 Å². The molecule has 0 fully saturated rings. The second-order valence-corrected chi connectivity index (χ2v) is 6.29. The molecular weight excluding hydrogens is 318 g/mol. The summed E-state index contributed by atoms with van der Waals surface area (Å²) >= 11 is 0. The second-order valence-electron chi connectivity index (χ2n) is 6.29. The Balaban J connectivity index is 1.66. The number of carbonyl (C=O) groups excluding carboxylic acids is 1. The Bertz CT molecular complexity index is 740. The molecule has 0 spiro atoms. The molecular formula is C20H23NO4. The Kier molecular flexibility index (Phi) is 5.12. The van der Waals surface area contributed by atoms with Gasteiger partial charge in [-0.2, -0.15) is 0 Å². The molecule has 1 aliphatic heterocycles. The summed E-state index contributed by atoms with van der Waals surface area (Å²) in [5.74, 6) is 2.10. The molecule has 1 atom stereocenters. The van der Waals surface area contributed by atoms with E-state index in [0.717, 1.165) is 22.8 Å². The third kappa shape index (κ3) is 4.24. The molecule has 1 aliphatic rings. The zero-order chi connectivity index (χ0) is 17.8. The van der Waals surface area contributed by atoms with Gasteiger partial charge in [0.2, 0.25) is 0 Å². The maximum Gasteiger partial charge on any atom is 0.251 e. The van der Waals surface area contributed by atoms with Gasteiger partial charge in [-0.15, -0.1) is 0 Å². The summed E-state index contributed by atoms with van der Waals surface area (Å²) in [5, 5.41) is 3.00. The Morgan fingerprint density at radius 3 is 2.36 bits per heavy atom. The van der Waals surface area contributed by atoms with Gasteiger partial charge < -0.3 is 19.5 Å². The van der Waals surface area contributed by atoms with Crippen LogP contribution in [0, 0.1) is 0 Å². The molecule has 0 aromatic heterocycles. The molecule has 1 heterocycles. The topological polar surface area (TPSA) is 56.8 Å². The van der Waals surface area contributed by atoms with Crippen molar-refractivity contribution in [3.05, 3.63) is 53.6 Å². The van der Waals surface area contributed by atoms with Crippen LogP contribution in [0.15, 0.2) is 42.5 Å². The van der Waals surface area contributed by atoms with Crippen LogP contribution in [0.3, 0.4) is 0 Å². The largest absolute Gasteiger partial charge is 0.491 e. The molecule has 2 aromatic carbocycles. The van der Waals surface area contributed by atoms with E-state index in [0.29, 0.717) is 18.8 Å². The summed E-state index contributed by atoms with van der Waals surface area (Å²) in [6.45, 7) is 6.99. The predicted molar refractivity (Wildman–Crippen MR) is 95.5 cm³/mol. The third-order valence-electron chi connectivity index (χ3n) is 3.90. The Morgan fingerprint density at radius 1 is 1.00 bits per heavy atom. The normalized spacial score (nSPS) is 14.1. The van der Waals surface area contributed by atoms with Crippen molar-refractivity contribution in [1.82, 2.24) is 5.32 Å². The quantitative estimate of drug-likeness (QED) is 0.900. The number of amides is 1. The van der Waals surface area contributed by atoms with Gasteiger partial charge in [0, 0.05) is 5.56 Å². The number of ether oxygens (including phenoxy) is 3. The molecule has 0 unspecified atom stereocenters. The van der Waals surface area contributed by atoms with Gasteiger partial charge >= 0.3 is 0 Å². The summed E-state index contributed by atoms with van der Waals surface area (Å²) in [6.07, 6.45) is 0.106. The van der Waals surface area contributed by atoms with Gasteiger partial charge in [-0.25, -0.2) is 0 Å². The van der Waals surface area contributed by atoms with Crippen LogP contribution in [-0.4, -0.2) is 25.2 Å². The van der Waals surface area contributed by atoms with Crippen LogP contribution in [0.4, 0.5) is 0 Å². The highest BCUT2D eigenvalue weighted by Gasteiger charge is 2.16. The average molecular weight is 341 g/mol. The van der Waals surface area contributed by atoms with E-state index in [2.05, 4.69) is 5.32 Å². The molecule has 2 aromatic rings. The maximum absolute atomic E-state index is 12.4. The van der Waals surface area contributed by atoms with Crippen LogP contribution in [0.2, 0.25) is 0 Å². The minimum Gasteiger partial charge on any atom is -0.491 e. The first kappa shape index (κ1) is 17.1. The molecule has 0 radical (unpaired) electrons. The van der Waals surface area contributed by atoms with Crippen molar-refractivity contribution in [2.24, 2.45) is 0 Å². The van der Waals surface area contributed by atoms with Gasteiger partial charge in [-0.3, -0.25) is 4.79 Å². The molecule has 132 valence electrons. The average Bonchev–Trinajstić information content (AvgIpc) is 2.61. The molecule has 3 rings (SSSR count). The van der Waals surface area contributed by atoms with E-state index in [9.17, 15) is 4.79 Å². The second kappa shape index (κ2) is 7.47. The van der Waals surface area contributed by atoms with Gasteiger partial charge in [-0.05, 0) is 62.7 Å². The highest BCUT2D eigenvalue weighted by Crippen LogP contribution is 2.32. The van der Waals surface area contributed by atoms with Crippen LogP contribution in [0.5, 0.6) is 17.2 Å². The first-order valence-corrected chi connectivity index (χ1v) is 8.50. The Morgan fingerprint density at radius 2 is 1.68 bits per heavy atom. The van der Waals surface area contributed by atoms with E-state index in [1.54, 1.807) is 12.1 Å². The first-order valence-electron chi connectivity index (χ1n) is 8.50. The van der Waals surface area contributed by atoms with E-state index >= 15 is 0 Å². The van der Waals surface area contributed by atoms with Crippen LogP contribution in [0.1, 0.15) is 42.7 Å². The number of hydrogen-bond acceptors (Lipinski definition) is 4. The Labute approximate surface area is 147 Å². The van der Waals surface area contributed by atoms with Crippen molar-refractivity contribution in [3.8, 4) is 17.2 Å². The van der Waals surface area contributed by atoms with E-state index in [1.807, 2.05) is 51.1 Å². The van der Waals surface area contributed by atoms with Crippen molar-refractivity contribution >= 4 is 5.91 Å². The Hall–Kier alpha value is -2.69. The number of carbonyl (C=O) groups is 1. The first-order chi connectivity index (χ1) is 12.0. The van der Waals surface area contributed by atoms with E-state index in [-0.39, 0.29) is 18.1 Å². The van der Waals surface area contributed by atoms with Crippen molar-refractivity contribution in [3.63, 3.8) is 0 Å². The third-order valence-corrected chi connectivity index (χ3v) is 3.90. The van der Waals surface area contributed by atoms with E-state index in [1.165, 1.54) is 0 Å². The van der Waals surface area contributed by atoms with Gasteiger partial charge in [0.15, 0.2) is 11.5 Å².